The number of carbonyl (C=O) groups is 1. The molecular weight excluding hydrogens is 559 g/mol. The second-order valence-electron chi connectivity index (χ2n) is 10.3. The van der Waals surface area contributed by atoms with Gasteiger partial charge in [0.05, 0.1) is 16.1 Å². The van der Waals surface area contributed by atoms with E-state index >= 15 is 0 Å². The number of nitrogens with zero attached hydrogens (tertiary/aromatic N) is 4. The van der Waals surface area contributed by atoms with Crippen molar-refractivity contribution in [3.05, 3.63) is 33.3 Å². The Morgan fingerprint density at radius 2 is 1.72 bits per heavy atom. The fraction of sp³-hybridized carbons (Fsp3) is 0.607. The Labute approximate surface area is 245 Å². The second-order valence-corrected chi connectivity index (χ2v) is 11.5. The Morgan fingerprint density at radius 1 is 1.00 bits per heavy atom. The van der Waals surface area contributed by atoms with E-state index in [4.69, 9.17) is 39.5 Å². The average Bonchev–Trinajstić information content (AvgIpc) is 3.50. The minimum Gasteiger partial charge on any atom is -0.461 e. The van der Waals surface area contributed by atoms with Gasteiger partial charge in [-0.2, -0.15) is 0 Å². The molecule has 0 radical (unpaired) electrons. The smallest absolute Gasteiger partial charge is 0.239 e. The molecule has 39 heavy (non-hydrogen) atoms. The van der Waals surface area contributed by atoms with Crippen molar-refractivity contribution in [3.8, 4) is 17.3 Å². The van der Waals surface area contributed by atoms with Gasteiger partial charge in [-0.1, -0.05) is 93.1 Å². The van der Waals surface area contributed by atoms with Crippen molar-refractivity contribution in [3.63, 3.8) is 0 Å². The molecule has 214 valence electrons. The molecule has 8 nitrogen and oxygen atoms in total. The Hall–Kier alpha value is -2.00. The summed E-state index contributed by atoms with van der Waals surface area (Å²) in [6.07, 6.45) is 14.0. The summed E-state index contributed by atoms with van der Waals surface area (Å²) in [5.74, 6) is 1.05. The number of fused-ring (bicyclic) bond motifs is 1. The van der Waals surface area contributed by atoms with E-state index < -0.39 is 0 Å². The molecule has 3 heterocycles. The molecule has 0 bridgehead atoms. The monoisotopic (exact) mass is 596 g/mol. The number of hydrogen-bond donors (Lipinski definition) is 2. The molecule has 3 aromatic rings. The number of unbranched alkanes of at least 4 members (excludes halogenated alkanes) is 7. The van der Waals surface area contributed by atoms with Crippen molar-refractivity contribution >= 4 is 46.4 Å². The molecule has 2 aromatic heterocycles. The largest absolute Gasteiger partial charge is 0.461 e. The van der Waals surface area contributed by atoms with E-state index in [0.717, 1.165) is 50.8 Å². The molecule has 0 spiro atoms. The van der Waals surface area contributed by atoms with Crippen LogP contribution in [-0.2, 0) is 4.79 Å². The molecule has 1 aromatic carbocycles. The molecule has 1 unspecified atom stereocenters. The topological polar surface area (TPSA) is 87.5 Å². The number of nitrogens with one attached hydrogen (secondary N) is 2. The summed E-state index contributed by atoms with van der Waals surface area (Å²) in [5.41, 5.74) is 1.17. The Morgan fingerprint density at radius 3 is 2.44 bits per heavy atom. The number of rotatable bonds is 15. The zero-order valence-corrected chi connectivity index (χ0v) is 24.9. The maximum absolute atomic E-state index is 13.3. The molecule has 0 saturated carbocycles. The lowest BCUT2D eigenvalue weighted by molar-refractivity contribution is -0.134. The van der Waals surface area contributed by atoms with E-state index in [-0.39, 0.29) is 18.7 Å². The van der Waals surface area contributed by atoms with Gasteiger partial charge in [0.1, 0.15) is 11.8 Å². The van der Waals surface area contributed by atoms with Crippen LogP contribution in [0.15, 0.2) is 18.2 Å². The van der Waals surface area contributed by atoms with Crippen LogP contribution in [0.25, 0.3) is 17.0 Å². The second kappa shape index (κ2) is 15.1. The molecule has 1 saturated heterocycles. The van der Waals surface area contributed by atoms with Gasteiger partial charge in [0.15, 0.2) is 11.5 Å². The number of halogens is 3. The summed E-state index contributed by atoms with van der Waals surface area (Å²) in [7, 11) is 0. The van der Waals surface area contributed by atoms with E-state index in [2.05, 4.69) is 27.5 Å². The molecule has 1 fully saturated rings. The number of aromatic amines is 1. The molecule has 4 rings (SSSR count). The first kappa shape index (κ1) is 30.0. The highest BCUT2D eigenvalue weighted by Crippen LogP contribution is 2.32. The minimum atomic E-state index is -0.283. The predicted molar refractivity (Wildman–Crippen MR) is 158 cm³/mol. The fourth-order valence-electron chi connectivity index (χ4n) is 5.05. The number of piperidine rings is 1. The highest BCUT2D eigenvalue weighted by Gasteiger charge is 2.25. The first-order valence-corrected chi connectivity index (χ1v) is 15.4. The van der Waals surface area contributed by atoms with Crippen LogP contribution in [0, 0.1) is 0 Å². The summed E-state index contributed by atoms with van der Waals surface area (Å²) < 4.78 is 7.61. The number of ether oxygens (including phenoxy) is 1. The lowest BCUT2D eigenvalue weighted by Gasteiger charge is -2.31. The zero-order valence-electron chi connectivity index (χ0n) is 22.7. The summed E-state index contributed by atoms with van der Waals surface area (Å²) in [6.45, 7) is 4.04. The van der Waals surface area contributed by atoms with Gasteiger partial charge in [0, 0.05) is 18.7 Å². The zero-order chi connectivity index (χ0) is 27.6. The predicted octanol–water partition coefficient (Wildman–Crippen LogP) is 7.52. The Bertz CT molecular complexity index is 1210. The van der Waals surface area contributed by atoms with Crippen LogP contribution in [0.4, 0.5) is 0 Å². The lowest BCUT2D eigenvalue weighted by Crippen LogP contribution is -2.49. The van der Waals surface area contributed by atoms with Crippen LogP contribution in [0.1, 0.15) is 84.0 Å². The standard InChI is InChI=1S/C28H39Cl3N6O2/c1-2-3-4-5-6-7-8-10-13-23(28(38)36-16-11-9-12-17-36)32-19-39-27-24(31)26-34-33-25(37(26)35-27)20-14-15-21(29)22(30)18-20/h14-15,18,23,32,35H,2-13,16-17,19H2,1H3. The minimum absolute atomic E-state index is 0.139. The van der Waals surface area contributed by atoms with Crippen molar-refractivity contribution in [2.24, 2.45) is 0 Å². The Kier molecular flexibility index (Phi) is 11.6. The van der Waals surface area contributed by atoms with Gasteiger partial charge in [-0.05, 0) is 43.9 Å². The SMILES string of the molecule is CCCCCCCCCCC(NCOc1[nH]n2c(-c3ccc(Cl)c(Cl)c3)nnc2c1Cl)C(=O)N1CCCCC1. The third-order valence-electron chi connectivity index (χ3n) is 7.31. The molecule has 1 aliphatic rings. The van der Waals surface area contributed by atoms with E-state index in [9.17, 15) is 4.79 Å². The van der Waals surface area contributed by atoms with Gasteiger partial charge in [-0.15, -0.1) is 10.2 Å². The third kappa shape index (κ3) is 8.03. The summed E-state index contributed by atoms with van der Waals surface area (Å²) in [4.78, 5) is 15.3. The molecular formula is C28H39Cl3N6O2. The maximum Gasteiger partial charge on any atom is 0.239 e. The van der Waals surface area contributed by atoms with Crippen molar-refractivity contribution in [2.75, 3.05) is 19.8 Å². The van der Waals surface area contributed by atoms with Crippen LogP contribution in [0.5, 0.6) is 5.88 Å². The van der Waals surface area contributed by atoms with E-state index in [1.165, 1.54) is 44.9 Å². The summed E-state index contributed by atoms with van der Waals surface area (Å²) in [6, 6.07) is 4.95. The number of likely N-dealkylation sites (tertiary alicyclic amines) is 1. The Balaban J connectivity index is 1.35. The van der Waals surface area contributed by atoms with Crippen molar-refractivity contribution in [1.82, 2.24) is 30.0 Å². The number of benzene rings is 1. The molecule has 1 amide bonds. The van der Waals surface area contributed by atoms with Crippen LogP contribution in [-0.4, -0.2) is 56.5 Å². The number of aromatic nitrogens is 4. The highest BCUT2D eigenvalue weighted by molar-refractivity contribution is 6.42. The van der Waals surface area contributed by atoms with Gasteiger partial charge in [0.25, 0.3) is 0 Å². The van der Waals surface area contributed by atoms with Gasteiger partial charge < -0.3 is 9.64 Å². The first-order chi connectivity index (χ1) is 19.0. The van der Waals surface area contributed by atoms with Gasteiger partial charge >= 0.3 is 0 Å². The fourth-order valence-corrected chi connectivity index (χ4v) is 5.56. The van der Waals surface area contributed by atoms with Crippen LogP contribution < -0.4 is 10.1 Å². The van der Waals surface area contributed by atoms with Crippen LogP contribution in [0.2, 0.25) is 15.1 Å². The van der Waals surface area contributed by atoms with Crippen LogP contribution >= 0.6 is 34.8 Å². The number of H-pyrrole nitrogens is 1. The average molecular weight is 598 g/mol. The molecule has 11 heteroatoms. The maximum atomic E-state index is 13.3. The number of carbonyl (C=O) groups excluding carboxylic acids is 1. The van der Waals surface area contributed by atoms with Crippen LogP contribution in [0.3, 0.4) is 0 Å². The third-order valence-corrected chi connectivity index (χ3v) is 8.39. The highest BCUT2D eigenvalue weighted by atomic mass is 35.5. The summed E-state index contributed by atoms with van der Waals surface area (Å²) >= 11 is 18.8. The first-order valence-electron chi connectivity index (χ1n) is 14.2. The van der Waals surface area contributed by atoms with Crippen molar-refractivity contribution in [2.45, 2.75) is 90.0 Å². The molecule has 2 N–H and O–H groups in total. The molecule has 0 aliphatic carbocycles. The van der Waals surface area contributed by atoms with Gasteiger partial charge in [-0.25, -0.2) is 4.52 Å². The lowest BCUT2D eigenvalue weighted by atomic mass is 10.0. The molecule has 1 atom stereocenters. The number of amides is 1. The van der Waals surface area contributed by atoms with Gasteiger partial charge in [-0.3, -0.25) is 15.2 Å². The van der Waals surface area contributed by atoms with E-state index in [1.807, 2.05) is 11.0 Å². The van der Waals surface area contributed by atoms with E-state index in [1.54, 1.807) is 16.6 Å². The van der Waals surface area contributed by atoms with Crippen molar-refractivity contribution in [1.29, 1.82) is 0 Å². The summed E-state index contributed by atoms with van der Waals surface area (Å²) in [5, 5.41) is 16.1. The van der Waals surface area contributed by atoms with E-state index in [0.29, 0.717) is 32.4 Å². The van der Waals surface area contributed by atoms with Gasteiger partial charge in [0.2, 0.25) is 11.8 Å². The molecule has 1 aliphatic heterocycles. The quantitative estimate of drug-likeness (QED) is 0.140. The number of hydrogen-bond acceptors (Lipinski definition) is 5. The normalized spacial score (nSPS) is 14.7. The van der Waals surface area contributed by atoms with Crippen molar-refractivity contribution < 1.29 is 9.53 Å².